The molecule has 1 aliphatic rings. The van der Waals surface area contributed by atoms with Crippen molar-refractivity contribution in [1.82, 2.24) is 15.0 Å². The number of para-hydroxylation sites is 1. The summed E-state index contributed by atoms with van der Waals surface area (Å²) in [4.78, 5) is 15.4. The Morgan fingerprint density at radius 2 is 1.81 bits per heavy atom. The highest BCUT2D eigenvalue weighted by Crippen LogP contribution is 2.25. The second-order valence-corrected chi connectivity index (χ2v) is 9.31. The average Bonchev–Trinajstić information content (AvgIpc) is 2.75. The van der Waals surface area contributed by atoms with Crippen LogP contribution in [0.2, 0.25) is 0 Å². The third-order valence-electron chi connectivity index (χ3n) is 4.92. The number of rotatable bonds is 6. The van der Waals surface area contributed by atoms with Crippen LogP contribution in [0.4, 0.5) is 28.8 Å². The molecule has 1 fully saturated rings. The van der Waals surface area contributed by atoms with E-state index in [0.29, 0.717) is 42.4 Å². The van der Waals surface area contributed by atoms with Crippen LogP contribution in [-0.2, 0) is 14.6 Å². The van der Waals surface area contributed by atoms with Gasteiger partial charge in [0.05, 0.1) is 35.7 Å². The van der Waals surface area contributed by atoms with E-state index >= 15 is 0 Å². The first-order chi connectivity index (χ1) is 14.9. The molecule has 0 saturated carbocycles. The minimum absolute atomic E-state index is 0.206. The summed E-state index contributed by atoms with van der Waals surface area (Å²) in [5.41, 5.74) is 1.50. The van der Waals surface area contributed by atoms with Gasteiger partial charge in [-0.2, -0.15) is 0 Å². The van der Waals surface area contributed by atoms with E-state index in [4.69, 9.17) is 4.74 Å². The van der Waals surface area contributed by atoms with Gasteiger partial charge in [0.2, 0.25) is 0 Å². The number of ether oxygens (including phenoxy) is 1. The summed E-state index contributed by atoms with van der Waals surface area (Å²) >= 11 is 0. The lowest BCUT2D eigenvalue weighted by Crippen LogP contribution is -2.43. The predicted octanol–water partition coefficient (Wildman–Crippen LogP) is 2.99. The molecule has 0 amide bonds. The summed E-state index contributed by atoms with van der Waals surface area (Å²) in [5, 5.41) is 6.21. The first-order valence-electron chi connectivity index (χ1n) is 9.86. The number of sulfone groups is 1. The Kier molecular flexibility index (Phi) is 6.01. The summed E-state index contributed by atoms with van der Waals surface area (Å²) < 4.78 is 29.5. The molecule has 162 valence electrons. The molecule has 3 heterocycles. The number of morpholine rings is 1. The van der Waals surface area contributed by atoms with Crippen molar-refractivity contribution in [2.24, 2.45) is 0 Å². The number of hydrogen-bond donors (Lipinski definition) is 2. The fourth-order valence-electron chi connectivity index (χ4n) is 3.40. The van der Waals surface area contributed by atoms with Gasteiger partial charge in [-0.15, -0.1) is 0 Å². The molecule has 3 aromatic rings. The van der Waals surface area contributed by atoms with E-state index in [1.54, 1.807) is 30.3 Å². The van der Waals surface area contributed by atoms with Gasteiger partial charge in [0.25, 0.3) is 0 Å². The Bertz CT molecular complexity index is 1150. The molecule has 0 bridgehead atoms. The predicted molar refractivity (Wildman–Crippen MR) is 120 cm³/mol. The average molecular weight is 441 g/mol. The minimum Gasteiger partial charge on any atom is -0.377 e. The van der Waals surface area contributed by atoms with Crippen LogP contribution in [0.3, 0.4) is 0 Å². The van der Waals surface area contributed by atoms with Crippen molar-refractivity contribution < 1.29 is 13.2 Å². The molecular formula is C21H24N6O3S. The molecular weight excluding hydrogens is 416 g/mol. The molecule has 0 aliphatic carbocycles. The van der Waals surface area contributed by atoms with Crippen molar-refractivity contribution in [3.8, 4) is 0 Å². The highest BCUT2D eigenvalue weighted by molar-refractivity contribution is 7.90. The normalized spacial score (nSPS) is 16.7. The molecule has 0 spiro atoms. The number of anilines is 5. The van der Waals surface area contributed by atoms with E-state index in [9.17, 15) is 8.42 Å². The van der Waals surface area contributed by atoms with Crippen molar-refractivity contribution in [2.45, 2.75) is 17.9 Å². The molecule has 1 saturated heterocycles. The number of benzene rings is 1. The maximum Gasteiger partial charge on any atom is 0.177 e. The van der Waals surface area contributed by atoms with Crippen molar-refractivity contribution in [2.75, 3.05) is 41.5 Å². The van der Waals surface area contributed by atoms with Gasteiger partial charge in [-0.3, -0.25) is 0 Å². The Balaban J connectivity index is 1.48. The Labute approximate surface area is 181 Å². The van der Waals surface area contributed by atoms with Gasteiger partial charge in [-0.25, -0.2) is 23.4 Å². The smallest absolute Gasteiger partial charge is 0.177 e. The summed E-state index contributed by atoms with van der Waals surface area (Å²) in [6.45, 7) is 4.39. The second kappa shape index (κ2) is 8.86. The lowest BCUT2D eigenvalue weighted by atomic mass is 10.2. The fraction of sp³-hybridized carbons (Fsp3) is 0.286. The van der Waals surface area contributed by atoms with Crippen LogP contribution in [0.15, 0.2) is 59.9 Å². The summed E-state index contributed by atoms with van der Waals surface area (Å²) in [7, 11) is -3.37. The van der Waals surface area contributed by atoms with Crippen LogP contribution >= 0.6 is 0 Å². The van der Waals surface area contributed by atoms with Crippen molar-refractivity contribution in [1.29, 1.82) is 0 Å². The maximum absolute atomic E-state index is 12.0. The molecule has 31 heavy (non-hydrogen) atoms. The zero-order chi connectivity index (χ0) is 21.8. The van der Waals surface area contributed by atoms with Crippen LogP contribution in [0.5, 0.6) is 0 Å². The van der Waals surface area contributed by atoms with E-state index in [-0.39, 0.29) is 4.90 Å². The van der Waals surface area contributed by atoms with Gasteiger partial charge < -0.3 is 20.3 Å². The second-order valence-electron chi connectivity index (χ2n) is 7.33. The number of hydrogen-bond acceptors (Lipinski definition) is 9. The molecule has 1 aliphatic heterocycles. The molecule has 1 aromatic carbocycles. The number of pyridine rings is 1. The number of nitrogens with zero attached hydrogens (tertiary/aromatic N) is 4. The monoisotopic (exact) mass is 440 g/mol. The van der Waals surface area contributed by atoms with Gasteiger partial charge in [0.1, 0.15) is 23.8 Å². The quantitative estimate of drug-likeness (QED) is 0.598. The lowest BCUT2D eigenvalue weighted by Gasteiger charge is -2.35. The maximum atomic E-state index is 12.0. The molecule has 2 aromatic heterocycles. The first kappa shape index (κ1) is 21.0. The van der Waals surface area contributed by atoms with Crippen molar-refractivity contribution >= 4 is 38.7 Å². The highest BCUT2D eigenvalue weighted by Gasteiger charge is 2.19. The van der Waals surface area contributed by atoms with Gasteiger partial charge in [-0.05, 0) is 31.2 Å². The Hall–Kier alpha value is -3.24. The molecule has 1 unspecified atom stereocenters. The molecule has 4 rings (SSSR count). The molecule has 9 nitrogen and oxygen atoms in total. The highest BCUT2D eigenvalue weighted by atomic mass is 32.2. The van der Waals surface area contributed by atoms with Gasteiger partial charge in [0, 0.05) is 24.9 Å². The van der Waals surface area contributed by atoms with Crippen LogP contribution in [-0.4, -0.2) is 55.4 Å². The van der Waals surface area contributed by atoms with E-state index < -0.39 is 9.84 Å². The minimum atomic E-state index is -3.37. The van der Waals surface area contributed by atoms with Gasteiger partial charge in [0.15, 0.2) is 9.84 Å². The molecule has 0 radical (unpaired) electrons. The van der Waals surface area contributed by atoms with E-state index in [1.807, 2.05) is 18.3 Å². The first-order valence-corrected chi connectivity index (χ1v) is 11.7. The number of aromatic nitrogens is 3. The van der Waals surface area contributed by atoms with Crippen LogP contribution in [0, 0.1) is 0 Å². The third kappa shape index (κ3) is 5.09. The zero-order valence-electron chi connectivity index (χ0n) is 17.3. The summed E-state index contributed by atoms with van der Waals surface area (Å²) in [6, 6.07) is 12.6. The molecule has 1 atom stereocenters. The number of nitrogens with one attached hydrogen (secondary N) is 2. The SMILES string of the molecule is CC1COCCN1c1ccc(Nc2cc(Nc3ccccc3S(C)(=O)=O)ncn2)nc1. The topological polar surface area (TPSA) is 109 Å². The van der Waals surface area contributed by atoms with Crippen molar-refractivity contribution in [3.63, 3.8) is 0 Å². The van der Waals surface area contributed by atoms with Crippen LogP contribution < -0.4 is 15.5 Å². The zero-order valence-corrected chi connectivity index (χ0v) is 18.1. The fourth-order valence-corrected chi connectivity index (χ4v) is 4.24. The Morgan fingerprint density at radius 1 is 1.03 bits per heavy atom. The summed E-state index contributed by atoms with van der Waals surface area (Å²) in [6.07, 6.45) is 4.40. The Morgan fingerprint density at radius 3 is 2.52 bits per heavy atom. The largest absolute Gasteiger partial charge is 0.377 e. The molecule has 10 heteroatoms. The van der Waals surface area contributed by atoms with Crippen molar-refractivity contribution in [3.05, 3.63) is 55.0 Å². The van der Waals surface area contributed by atoms with E-state index in [1.165, 1.54) is 12.6 Å². The van der Waals surface area contributed by atoms with Crippen LogP contribution in [0.25, 0.3) is 0 Å². The van der Waals surface area contributed by atoms with E-state index in [2.05, 4.69) is 37.4 Å². The third-order valence-corrected chi connectivity index (χ3v) is 6.07. The lowest BCUT2D eigenvalue weighted by molar-refractivity contribution is 0.0989. The van der Waals surface area contributed by atoms with E-state index in [0.717, 1.165) is 12.2 Å². The van der Waals surface area contributed by atoms with Gasteiger partial charge >= 0.3 is 0 Å². The molecule has 2 N–H and O–H groups in total. The summed E-state index contributed by atoms with van der Waals surface area (Å²) in [5.74, 6) is 1.65. The van der Waals surface area contributed by atoms with Crippen LogP contribution in [0.1, 0.15) is 6.92 Å². The van der Waals surface area contributed by atoms with Gasteiger partial charge in [-0.1, -0.05) is 12.1 Å². The standard InChI is InChI=1S/C21H24N6O3S/c1-15-13-30-10-9-27(15)16-7-8-19(22-12-16)26-21-11-20(23-14-24-21)25-17-5-3-4-6-18(17)31(2,28)29/h3-8,11-12,14-15H,9-10,13H2,1-2H3,(H2,22,23,24,25,26).